The zero-order chi connectivity index (χ0) is 18.2. The van der Waals surface area contributed by atoms with Gasteiger partial charge < -0.3 is 16.0 Å². The lowest BCUT2D eigenvalue weighted by atomic mass is 9.95. The Hall–Kier alpha value is -2.10. The zero-order valence-corrected chi connectivity index (χ0v) is 13.6. The van der Waals surface area contributed by atoms with E-state index in [2.05, 4.69) is 10.4 Å². The van der Waals surface area contributed by atoms with E-state index in [1.54, 1.807) is 0 Å². The minimum absolute atomic E-state index is 0.193. The Morgan fingerprint density at radius 3 is 2.68 bits per heavy atom. The van der Waals surface area contributed by atoms with Gasteiger partial charge in [0, 0.05) is 30.9 Å². The Balaban J connectivity index is 1.86. The number of nitrogens with one attached hydrogen (secondary N) is 1. The highest BCUT2D eigenvalue weighted by atomic mass is 19.4. The molecule has 7 nitrogen and oxygen atoms in total. The Bertz CT molecular complexity index is 685. The fourth-order valence-electron chi connectivity index (χ4n) is 3.51. The predicted molar refractivity (Wildman–Crippen MR) is 81.4 cm³/mol. The molecule has 2 heterocycles. The van der Waals surface area contributed by atoms with Crippen LogP contribution in [0, 0.1) is 0 Å². The number of amides is 2. The first kappa shape index (κ1) is 17.7. The van der Waals surface area contributed by atoms with E-state index in [-0.39, 0.29) is 25.2 Å². The van der Waals surface area contributed by atoms with Crippen LogP contribution in [0.4, 0.5) is 13.2 Å². The molecule has 25 heavy (non-hydrogen) atoms. The van der Waals surface area contributed by atoms with Gasteiger partial charge in [-0.1, -0.05) is 0 Å². The summed E-state index contributed by atoms with van der Waals surface area (Å²) in [4.78, 5) is 25.4. The first-order valence-electron chi connectivity index (χ1n) is 8.24. The number of nitrogens with two attached hydrogens (primary N) is 1. The Labute approximate surface area is 142 Å². The third-order valence-corrected chi connectivity index (χ3v) is 4.70. The largest absolute Gasteiger partial charge is 0.435 e. The molecular weight excluding hydrogens is 339 g/mol. The number of alkyl halides is 3. The molecule has 1 aromatic heterocycles. The second kappa shape index (κ2) is 6.66. The normalized spacial score (nSPS) is 21.1. The molecule has 0 unspecified atom stereocenters. The molecule has 0 spiro atoms. The van der Waals surface area contributed by atoms with E-state index < -0.39 is 29.7 Å². The summed E-state index contributed by atoms with van der Waals surface area (Å²) in [6, 6.07) is -0.797. The van der Waals surface area contributed by atoms with Gasteiger partial charge in [0.05, 0.1) is 0 Å². The topological polar surface area (TPSA) is 93.3 Å². The Kier molecular flexibility index (Phi) is 4.72. The van der Waals surface area contributed by atoms with Gasteiger partial charge in [0.1, 0.15) is 12.6 Å². The van der Waals surface area contributed by atoms with Crippen LogP contribution in [-0.4, -0.2) is 52.2 Å². The fourth-order valence-corrected chi connectivity index (χ4v) is 3.51. The van der Waals surface area contributed by atoms with Crippen LogP contribution >= 0.6 is 0 Å². The van der Waals surface area contributed by atoms with Crippen molar-refractivity contribution in [2.24, 2.45) is 5.73 Å². The lowest BCUT2D eigenvalue weighted by Crippen LogP contribution is -2.59. The third-order valence-electron chi connectivity index (χ3n) is 4.70. The number of hydrogen-bond acceptors (Lipinski definition) is 4. The SMILES string of the molecule is NC(=O)[C@@H]1CNCCN1C(=O)Cn1nc(C(F)(F)F)c2c1CCCC2. The van der Waals surface area contributed by atoms with Crippen molar-refractivity contribution in [3.05, 3.63) is 17.0 Å². The molecule has 1 aliphatic carbocycles. The maximum atomic E-state index is 13.2. The first-order chi connectivity index (χ1) is 11.8. The van der Waals surface area contributed by atoms with Gasteiger partial charge in [-0.25, -0.2) is 0 Å². The van der Waals surface area contributed by atoms with Crippen LogP contribution in [0.2, 0.25) is 0 Å². The van der Waals surface area contributed by atoms with E-state index in [1.807, 2.05) is 0 Å². The molecular formula is C15H20F3N5O2. The lowest BCUT2D eigenvalue weighted by molar-refractivity contribution is -0.143. The summed E-state index contributed by atoms with van der Waals surface area (Å²) in [6.45, 7) is 0.705. The number of halogens is 3. The minimum atomic E-state index is -4.54. The molecule has 0 aromatic carbocycles. The molecule has 10 heteroatoms. The summed E-state index contributed by atoms with van der Waals surface area (Å²) in [6.07, 6.45) is -2.32. The molecule has 1 atom stereocenters. The average molecular weight is 359 g/mol. The number of hydrogen-bond donors (Lipinski definition) is 2. The van der Waals surface area contributed by atoms with Gasteiger partial charge in [-0.05, 0) is 25.7 Å². The summed E-state index contributed by atoms with van der Waals surface area (Å²) in [7, 11) is 0. The van der Waals surface area contributed by atoms with E-state index in [9.17, 15) is 22.8 Å². The number of aromatic nitrogens is 2. The van der Waals surface area contributed by atoms with Gasteiger partial charge in [-0.15, -0.1) is 0 Å². The monoisotopic (exact) mass is 359 g/mol. The van der Waals surface area contributed by atoms with Crippen LogP contribution in [0.3, 0.4) is 0 Å². The lowest BCUT2D eigenvalue weighted by Gasteiger charge is -2.34. The number of carbonyl (C=O) groups is 2. The maximum Gasteiger partial charge on any atom is 0.435 e. The molecule has 138 valence electrons. The van der Waals surface area contributed by atoms with E-state index in [1.165, 1.54) is 4.90 Å². The van der Waals surface area contributed by atoms with Gasteiger partial charge in [-0.3, -0.25) is 14.3 Å². The van der Waals surface area contributed by atoms with Crippen LogP contribution in [0.5, 0.6) is 0 Å². The predicted octanol–water partition coefficient (Wildman–Crippen LogP) is 0.0664. The summed E-state index contributed by atoms with van der Waals surface area (Å²) in [5, 5.41) is 6.65. The number of fused-ring (bicyclic) bond motifs is 1. The van der Waals surface area contributed by atoms with Crippen molar-refractivity contribution in [2.75, 3.05) is 19.6 Å². The highest BCUT2D eigenvalue weighted by molar-refractivity contribution is 5.87. The van der Waals surface area contributed by atoms with Crippen LogP contribution in [0.1, 0.15) is 29.8 Å². The van der Waals surface area contributed by atoms with E-state index in [0.29, 0.717) is 31.5 Å². The van der Waals surface area contributed by atoms with Gasteiger partial charge >= 0.3 is 6.18 Å². The van der Waals surface area contributed by atoms with Crippen molar-refractivity contribution >= 4 is 11.8 Å². The second-order valence-corrected chi connectivity index (χ2v) is 6.35. The Morgan fingerprint density at radius 2 is 2.00 bits per heavy atom. The number of rotatable bonds is 3. The number of nitrogens with zero attached hydrogens (tertiary/aromatic N) is 3. The van der Waals surface area contributed by atoms with Crippen LogP contribution in [-0.2, 0) is 35.2 Å². The standard InChI is InChI=1S/C15H20F3N5O2/c16-15(17,18)13-9-3-1-2-4-10(9)23(21-13)8-12(24)22-6-5-20-7-11(22)14(19)25/h11,20H,1-8H2,(H2,19,25)/t11-/m0/s1. The highest BCUT2D eigenvalue weighted by Gasteiger charge is 2.40. The van der Waals surface area contributed by atoms with Crippen molar-refractivity contribution in [1.29, 1.82) is 0 Å². The van der Waals surface area contributed by atoms with Crippen LogP contribution < -0.4 is 11.1 Å². The van der Waals surface area contributed by atoms with Gasteiger partial charge in [0.15, 0.2) is 5.69 Å². The molecule has 0 bridgehead atoms. The molecule has 1 aliphatic heterocycles. The number of piperazine rings is 1. The van der Waals surface area contributed by atoms with E-state index >= 15 is 0 Å². The number of primary amides is 1. The van der Waals surface area contributed by atoms with E-state index in [0.717, 1.165) is 11.1 Å². The van der Waals surface area contributed by atoms with Gasteiger partial charge in [0.2, 0.25) is 11.8 Å². The molecule has 2 aliphatic rings. The molecule has 0 saturated carbocycles. The number of carbonyl (C=O) groups excluding carboxylic acids is 2. The fraction of sp³-hybridized carbons (Fsp3) is 0.667. The van der Waals surface area contributed by atoms with Crippen molar-refractivity contribution < 1.29 is 22.8 Å². The smallest absolute Gasteiger partial charge is 0.368 e. The third kappa shape index (κ3) is 3.48. The second-order valence-electron chi connectivity index (χ2n) is 6.35. The summed E-state index contributed by atoms with van der Waals surface area (Å²) < 4.78 is 40.8. The molecule has 1 fully saturated rings. The first-order valence-corrected chi connectivity index (χ1v) is 8.24. The molecule has 3 N–H and O–H groups in total. The summed E-state index contributed by atoms with van der Waals surface area (Å²) >= 11 is 0. The van der Waals surface area contributed by atoms with Crippen molar-refractivity contribution in [3.63, 3.8) is 0 Å². The quantitative estimate of drug-likeness (QED) is 0.799. The molecule has 0 radical (unpaired) electrons. The van der Waals surface area contributed by atoms with Crippen LogP contribution in [0.15, 0.2) is 0 Å². The molecule has 1 saturated heterocycles. The molecule has 3 rings (SSSR count). The maximum absolute atomic E-state index is 13.2. The van der Waals surface area contributed by atoms with E-state index in [4.69, 9.17) is 5.73 Å². The van der Waals surface area contributed by atoms with Gasteiger partial charge in [-0.2, -0.15) is 18.3 Å². The van der Waals surface area contributed by atoms with Crippen molar-refractivity contribution in [3.8, 4) is 0 Å². The summed E-state index contributed by atoms with van der Waals surface area (Å²) in [5.41, 5.74) is 5.08. The Morgan fingerprint density at radius 1 is 1.28 bits per heavy atom. The van der Waals surface area contributed by atoms with Crippen LogP contribution in [0.25, 0.3) is 0 Å². The van der Waals surface area contributed by atoms with Crippen molar-refractivity contribution in [1.82, 2.24) is 20.0 Å². The molecule has 1 aromatic rings. The zero-order valence-electron chi connectivity index (χ0n) is 13.6. The molecule has 2 amide bonds. The van der Waals surface area contributed by atoms with Crippen molar-refractivity contribution in [2.45, 2.75) is 44.4 Å². The highest BCUT2D eigenvalue weighted by Crippen LogP contribution is 2.35. The average Bonchev–Trinajstić information content (AvgIpc) is 2.94. The van der Waals surface area contributed by atoms with Gasteiger partial charge in [0.25, 0.3) is 0 Å². The minimum Gasteiger partial charge on any atom is -0.368 e. The summed E-state index contributed by atoms with van der Waals surface area (Å²) in [5.74, 6) is -1.09.